The van der Waals surface area contributed by atoms with Crippen LogP contribution in [0.25, 0.3) is 0 Å². The van der Waals surface area contributed by atoms with Gasteiger partial charge < -0.3 is 10.1 Å². The third-order valence-electron chi connectivity index (χ3n) is 2.54. The maximum atomic E-state index is 11.9. The number of halogens is 1. The summed E-state index contributed by atoms with van der Waals surface area (Å²) in [4.78, 5) is 22.2. The Morgan fingerprint density at radius 3 is 2.84 bits per heavy atom. The van der Waals surface area contributed by atoms with Crippen molar-refractivity contribution in [2.24, 2.45) is 0 Å². The van der Waals surface area contributed by atoms with Crippen LogP contribution in [0.5, 0.6) is 0 Å². The fraction of sp³-hybridized carbons (Fsp3) is 0.417. The zero-order valence-electron chi connectivity index (χ0n) is 10.7. The largest absolute Gasteiger partial charge is 0.385 e. The van der Waals surface area contributed by atoms with Crippen molar-refractivity contribution in [3.8, 4) is 0 Å². The van der Waals surface area contributed by atoms with Crippen molar-refractivity contribution in [1.29, 1.82) is 0 Å². The first-order valence-electron chi connectivity index (χ1n) is 5.69. The molecular weight excluding hydrogens is 316 g/mol. The highest BCUT2D eigenvalue weighted by Gasteiger charge is 2.16. The minimum absolute atomic E-state index is 0.0600. The summed E-state index contributed by atoms with van der Waals surface area (Å²) in [6, 6.07) is 4.22. The highest BCUT2D eigenvalue weighted by Crippen LogP contribution is 2.25. The van der Waals surface area contributed by atoms with E-state index in [2.05, 4.69) is 21.2 Å². The van der Waals surface area contributed by atoms with Crippen molar-refractivity contribution in [2.45, 2.75) is 19.4 Å². The number of nitrogens with zero attached hydrogens (tertiary/aromatic N) is 1. The van der Waals surface area contributed by atoms with Crippen molar-refractivity contribution < 1.29 is 14.5 Å². The number of nitro benzene ring substituents is 1. The van der Waals surface area contributed by atoms with Crippen molar-refractivity contribution in [3.05, 3.63) is 38.3 Å². The molecule has 1 aromatic rings. The molecule has 1 unspecified atom stereocenters. The summed E-state index contributed by atoms with van der Waals surface area (Å²) in [7, 11) is 1.59. The number of hydrogen-bond donors (Lipinski definition) is 1. The van der Waals surface area contributed by atoms with Gasteiger partial charge in [0.05, 0.1) is 9.40 Å². The number of benzene rings is 1. The molecule has 0 aliphatic rings. The summed E-state index contributed by atoms with van der Waals surface area (Å²) in [6.07, 6.45) is 0.681. The lowest BCUT2D eigenvalue weighted by Gasteiger charge is -2.13. The smallest absolute Gasteiger partial charge is 0.284 e. The molecular formula is C12H15BrN2O4. The molecule has 0 aliphatic carbocycles. The molecule has 7 heteroatoms. The summed E-state index contributed by atoms with van der Waals surface area (Å²) < 4.78 is 5.27. The average Bonchev–Trinajstić information content (AvgIpc) is 2.36. The summed E-state index contributed by atoms with van der Waals surface area (Å²) in [5.74, 6) is -0.334. The third kappa shape index (κ3) is 4.60. The Labute approximate surface area is 119 Å². The minimum atomic E-state index is -0.533. The van der Waals surface area contributed by atoms with Gasteiger partial charge in [0.2, 0.25) is 0 Å². The van der Waals surface area contributed by atoms with Crippen LogP contribution in [0, 0.1) is 10.1 Å². The lowest BCUT2D eigenvalue weighted by Crippen LogP contribution is -2.33. The molecule has 104 valence electrons. The first-order valence-corrected chi connectivity index (χ1v) is 6.48. The normalized spacial score (nSPS) is 11.9. The predicted octanol–water partition coefficient (Wildman–Crippen LogP) is 2.51. The van der Waals surface area contributed by atoms with E-state index in [1.807, 2.05) is 6.92 Å². The highest BCUT2D eigenvalue weighted by molar-refractivity contribution is 9.10. The minimum Gasteiger partial charge on any atom is -0.385 e. The molecule has 6 nitrogen and oxygen atoms in total. The fourth-order valence-electron chi connectivity index (χ4n) is 1.47. The molecule has 1 N–H and O–H groups in total. The number of methoxy groups -OCH3 is 1. The zero-order chi connectivity index (χ0) is 14.4. The summed E-state index contributed by atoms with van der Waals surface area (Å²) in [5, 5.41) is 13.5. The second-order valence-corrected chi connectivity index (χ2v) is 4.93. The van der Waals surface area contributed by atoms with Gasteiger partial charge in [-0.05, 0) is 41.4 Å². The molecule has 19 heavy (non-hydrogen) atoms. The lowest BCUT2D eigenvalue weighted by atomic mass is 10.1. The number of ether oxygens (including phenoxy) is 1. The second-order valence-electron chi connectivity index (χ2n) is 4.08. The second kappa shape index (κ2) is 7.20. The van der Waals surface area contributed by atoms with Gasteiger partial charge >= 0.3 is 0 Å². The molecule has 0 spiro atoms. The molecule has 0 aromatic heterocycles. The Morgan fingerprint density at radius 2 is 2.26 bits per heavy atom. The molecule has 1 rings (SSSR count). The van der Waals surface area contributed by atoms with Gasteiger partial charge in [0.1, 0.15) is 0 Å². The van der Waals surface area contributed by atoms with E-state index in [-0.39, 0.29) is 23.2 Å². The van der Waals surface area contributed by atoms with E-state index >= 15 is 0 Å². The molecule has 0 saturated heterocycles. The Bertz CT molecular complexity index is 479. The van der Waals surface area contributed by atoms with Gasteiger partial charge in [-0.3, -0.25) is 14.9 Å². The Kier molecular flexibility index (Phi) is 5.91. The number of amides is 1. The predicted molar refractivity (Wildman–Crippen MR) is 74.2 cm³/mol. The molecule has 0 saturated carbocycles. The van der Waals surface area contributed by atoms with E-state index in [0.717, 1.165) is 0 Å². The van der Waals surface area contributed by atoms with Crippen LogP contribution in [0.4, 0.5) is 5.69 Å². The van der Waals surface area contributed by atoms with Crippen molar-refractivity contribution in [3.63, 3.8) is 0 Å². The maximum absolute atomic E-state index is 11.9. The van der Waals surface area contributed by atoms with E-state index in [1.54, 1.807) is 7.11 Å². The third-order valence-corrected chi connectivity index (χ3v) is 3.21. The standard InChI is InChI=1S/C12H15BrN2O4/c1-8(5-6-19-2)14-12(16)9-3-4-10(13)11(7-9)15(17)18/h3-4,7-8H,5-6H2,1-2H3,(H,14,16). The van der Waals surface area contributed by atoms with Crippen LogP contribution >= 0.6 is 15.9 Å². The monoisotopic (exact) mass is 330 g/mol. The van der Waals surface area contributed by atoms with E-state index in [1.165, 1.54) is 18.2 Å². The number of nitrogens with one attached hydrogen (secondary N) is 1. The molecule has 1 amide bonds. The van der Waals surface area contributed by atoms with Crippen molar-refractivity contribution >= 4 is 27.5 Å². The first-order chi connectivity index (χ1) is 8.95. The zero-order valence-corrected chi connectivity index (χ0v) is 12.3. The summed E-state index contributed by atoms with van der Waals surface area (Å²) in [6.45, 7) is 2.39. The number of hydrogen-bond acceptors (Lipinski definition) is 4. The lowest BCUT2D eigenvalue weighted by molar-refractivity contribution is -0.385. The molecule has 0 aliphatic heterocycles. The van der Waals surface area contributed by atoms with Crippen LogP contribution in [0.3, 0.4) is 0 Å². The van der Waals surface area contributed by atoms with E-state index in [4.69, 9.17) is 4.74 Å². The van der Waals surface area contributed by atoms with Gasteiger partial charge in [-0.2, -0.15) is 0 Å². The summed E-state index contributed by atoms with van der Waals surface area (Å²) >= 11 is 3.08. The Hall–Kier alpha value is -1.47. The first kappa shape index (κ1) is 15.6. The Morgan fingerprint density at radius 1 is 1.58 bits per heavy atom. The van der Waals surface area contributed by atoms with Crippen molar-refractivity contribution in [1.82, 2.24) is 5.32 Å². The van der Waals surface area contributed by atoms with E-state index < -0.39 is 4.92 Å². The van der Waals surface area contributed by atoms with Gasteiger partial charge in [0, 0.05) is 31.4 Å². The van der Waals surface area contributed by atoms with Gasteiger partial charge in [0.25, 0.3) is 11.6 Å². The topological polar surface area (TPSA) is 81.5 Å². The highest BCUT2D eigenvalue weighted by atomic mass is 79.9. The van der Waals surface area contributed by atoms with Gasteiger partial charge in [-0.15, -0.1) is 0 Å². The van der Waals surface area contributed by atoms with Crippen LogP contribution in [-0.2, 0) is 4.74 Å². The number of rotatable bonds is 6. The fourth-order valence-corrected chi connectivity index (χ4v) is 1.86. The number of carbonyl (C=O) groups is 1. The van der Waals surface area contributed by atoms with Crippen LogP contribution in [-0.4, -0.2) is 30.6 Å². The molecule has 0 radical (unpaired) electrons. The number of nitro groups is 1. The van der Waals surface area contributed by atoms with Crippen LogP contribution in [0.15, 0.2) is 22.7 Å². The van der Waals surface area contributed by atoms with Crippen molar-refractivity contribution in [2.75, 3.05) is 13.7 Å². The summed E-state index contributed by atoms with van der Waals surface area (Å²) in [5.41, 5.74) is 0.136. The average molecular weight is 331 g/mol. The van der Waals surface area contributed by atoms with E-state index in [9.17, 15) is 14.9 Å². The quantitative estimate of drug-likeness (QED) is 0.641. The molecule has 0 bridgehead atoms. The number of carbonyl (C=O) groups excluding carboxylic acids is 1. The van der Waals surface area contributed by atoms with Crippen LogP contribution in [0.1, 0.15) is 23.7 Å². The SMILES string of the molecule is COCCC(C)NC(=O)c1ccc(Br)c([N+](=O)[O-])c1. The molecule has 1 aromatic carbocycles. The van der Waals surface area contributed by atoms with Crippen LogP contribution in [0.2, 0.25) is 0 Å². The maximum Gasteiger partial charge on any atom is 0.284 e. The van der Waals surface area contributed by atoms with Gasteiger partial charge in [0.15, 0.2) is 0 Å². The molecule has 0 heterocycles. The van der Waals surface area contributed by atoms with Crippen LogP contribution < -0.4 is 5.32 Å². The Balaban J connectivity index is 2.77. The molecule has 0 fully saturated rings. The molecule has 1 atom stereocenters. The van der Waals surface area contributed by atoms with E-state index in [0.29, 0.717) is 17.5 Å². The van der Waals surface area contributed by atoms with Gasteiger partial charge in [-0.1, -0.05) is 0 Å². The van der Waals surface area contributed by atoms with Gasteiger partial charge in [-0.25, -0.2) is 0 Å².